The number of para-hydroxylation sites is 1. The van der Waals surface area contributed by atoms with Crippen molar-refractivity contribution in [3.63, 3.8) is 0 Å². The van der Waals surface area contributed by atoms with E-state index in [2.05, 4.69) is 4.98 Å². The van der Waals surface area contributed by atoms with Gasteiger partial charge >= 0.3 is 6.09 Å². The van der Waals surface area contributed by atoms with Crippen LogP contribution in [-0.2, 0) is 17.7 Å². The van der Waals surface area contributed by atoms with Crippen molar-refractivity contribution in [1.82, 2.24) is 14.5 Å². The van der Waals surface area contributed by atoms with Crippen molar-refractivity contribution in [2.24, 2.45) is 0 Å². The summed E-state index contributed by atoms with van der Waals surface area (Å²) >= 11 is 0. The molecule has 0 radical (unpaired) electrons. The normalized spacial score (nSPS) is 13.4. The van der Waals surface area contributed by atoms with E-state index in [0.29, 0.717) is 37.4 Å². The van der Waals surface area contributed by atoms with Gasteiger partial charge in [0.25, 0.3) is 5.91 Å². The van der Waals surface area contributed by atoms with Gasteiger partial charge in [-0.1, -0.05) is 18.2 Å². The first-order valence-corrected chi connectivity index (χ1v) is 8.88. The number of amides is 1. The predicted octanol–water partition coefficient (Wildman–Crippen LogP) is 2.82. The molecular weight excluding hydrogens is 344 g/mol. The number of hydrogen-bond donors (Lipinski definition) is 1. The number of carbonyl (C=O) groups is 2. The summed E-state index contributed by atoms with van der Waals surface area (Å²) < 4.78 is 6.65. The maximum Gasteiger partial charge on any atom is 0.410 e. The van der Waals surface area contributed by atoms with E-state index >= 15 is 0 Å². The number of pyridine rings is 1. The van der Waals surface area contributed by atoms with E-state index in [1.807, 2.05) is 24.3 Å². The molecule has 2 N–H and O–H groups in total. The Bertz CT molecular complexity index is 1040. The Kier molecular flexibility index (Phi) is 4.27. The largest absolute Gasteiger partial charge is 0.450 e. The van der Waals surface area contributed by atoms with Gasteiger partial charge in [0.15, 0.2) is 0 Å². The molecule has 0 saturated carbocycles. The number of hydrogen-bond acceptors (Lipinski definition) is 5. The van der Waals surface area contributed by atoms with E-state index in [4.69, 9.17) is 10.5 Å². The molecule has 0 bridgehead atoms. The van der Waals surface area contributed by atoms with Gasteiger partial charge in [-0.3, -0.25) is 14.3 Å². The van der Waals surface area contributed by atoms with E-state index < -0.39 is 0 Å². The Hall–Kier alpha value is -3.35. The highest BCUT2D eigenvalue weighted by atomic mass is 16.6. The SMILES string of the molecule is CCOC(=O)N1CCc2c(cncc2C(=O)n2cc(N)c3ccccc32)C1. The zero-order chi connectivity index (χ0) is 19.0. The molecule has 7 heteroatoms. The van der Waals surface area contributed by atoms with Gasteiger partial charge in [0.1, 0.15) is 0 Å². The van der Waals surface area contributed by atoms with E-state index in [0.717, 1.165) is 22.0 Å². The first kappa shape index (κ1) is 17.1. The number of ether oxygens (including phenoxy) is 1. The second-order valence-electron chi connectivity index (χ2n) is 6.47. The third kappa shape index (κ3) is 2.91. The number of nitrogen functional groups attached to an aromatic ring is 1. The lowest BCUT2D eigenvalue weighted by molar-refractivity contribution is 0.0961. The van der Waals surface area contributed by atoms with Crippen molar-refractivity contribution in [2.75, 3.05) is 18.9 Å². The molecule has 1 aliphatic rings. The molecule has 0 unspecified atom stereocenters. The molecule has 4 rings (SSSR count). The van der Waals surface area contributed by atoms with E-state index in [9.17, 15) is 9.59 Å². The number of benzene rings is 1. The predicted molar refractivity (Wildman–Crippen MR) is 101 cm³/mol. The number of rotatable bonds is 2. The summed E-state index contributed by atoms with van der Waals surface area (Å²) in [6.45, 7) is 3.00. The number of aromatic nitrogens is 2. The first-order valence-electron chi connectivity index (χ1n) is 8.88. The van der Waals surface area contributed by atoms with Gasteiger partial charge in [0.2, 0.25) is 0 Å². The standard InChI is InChI=1S/C20H20N4O3/c1-2-27-20(26)23-8-7-14-13(11-23)9-22-10-16(14)19(25)24-12-17(21)15-5-3-4-6-18(15)24/h3-6,9-10,12H,2,7-8,11,21H2,1H3. The second kappa shape index (κ2) is 6.75. The number of fused-ring (bicyclic) bond motifs is 2. The smallest absolute Gasteiger partial charge is 0.410 e. The summed E-state index contributed by atoms with van der Waals surface area (Å²) in [7, 11) is 0. The van der Waals surface area contributed by atoms with Crippen LogP contribution in [0.4, 0.5) is 10.5 Å². The monoisotopic (exact) mass is 364 g/mol. The fourth-order valence-electron chi connectivity index (χ4n) is 3.55. The highest BCUT2D eigenvalue weighted by Crippen LogP contribution is 2.27. The lowest BCUT2D eigenvalue weighted by Crippen LogP contribution is -2.37. The number of nitrogens with two attached hydrogens (primary N) is 1. The number of carbonyl (C=O) groups excluding carboxylic acids is 2. The molecule has 27 heavy (non-hydrogen) atoms. The van der Waals surface area contributed by atoms with Gasteiger partial charge in [-0.15, -0.1) is 0 Å². The summed E-state index contributed by atoms with van der Waals surface area (Å²) in [5.41, 5.74) is 9.72. The Labute approximate surface area is 156 Å². The van der Waals surface area contributed by atoms with Crippen LogP contribution in [0, 0.1) is 0 Å². The van der Waals surface area contributed by atoms with Crippen LogP contribution in [0.2, 0.25) is 0 Å². The summed E-state index contributed by atoms with van der Waals surface area (Å²) in [6, 6.07) is 7.53. The quantitative estimate of drug-likeness (QED) is 0.755. The molecule has 0 atom stereocenters. The maximum atomic E-state index is 13.2. The van der Waals surface area contributed by atoms with Crippen molar-refractivity contribution in [2.45, 2.75) is 19.9 Å². The molecule has 1 amide bonds. The van der Waals surface area contributed by atoms with Gasteiger partial charge in [-0.25, -0.2) is 4.79 Å². The third-order valence-electron chi connectivity index (χ3n) is 4.86. The molecule has 138 valence electrons. The Morgan fingerprint density at radius 2 is 2.07 bits per heavy atom. The fraction of sp³-hybridized carbons (Fsp3) is 0.250. The highest BCUT2D eigenvalue weighted by molar-refractivity contribution is 6.06. The average Bonchev–Trinajstić information content (AvgIpc) is 3.04. The summed E-state index contributed by atoms with van der Waals surface area (Å²) in [5.74, 6) is -0.170. The van der Waals surface area contributed by atoms with E-state index in [1.54, 1.807) is 35.0 Å². The zero-order valence-corrected chi connectivity index (χ0v) is 15.0. The van der Waals surface area contributed by atoms with Crippen LogP contribution < -0.4 is 5.73 Å². The second-order valence-corrected chi connectivity index (χ2v) is 6.47. The van der Waals surface area contributed by atoms with Crippen LogP contribution >= 0.6 is 0 Å². The Morgan fingerprint density at radius 1 is 1.26 bits per heavy atom. The van der Waals surface area contributed by atoms with Crippen LogP contribution in [0.1, 0.15) is 28.4 Å². The van der Waals surface area contributed by atoms with Crippen molar-refractivity contribution in [1.29, 1.82) is 0 Å². The molecule has 0 saturated heterocycles. The molecule has 1 aliphatic heterocycles. The van der Waals surface area contributed by atoms with Crippen LogP contribution in [0.3, 0.4) is 0 Å². The molecule has 2 aromatic heterocycles. The summed E-state index contributed by atoms with van der Waals surface area (Å²) in [4.78, 5) is 31.1. The maximum absolute atomic E-state index is 13.2. The third-order valence-corrected chi connectivity index (χ3v) is 4.86. The van der Waals surface area contributed by atoms with Crippen LogP contribution in [-0.4, -0.2) is 39.6 Å². The van der Waals surface area contributed by atoms with E-state index in [1.165, 1.54) is 0 Å². The lowest BCUT2D eigenvalue weighted by Gasteiger charge is -2.28. The lowest BCUT2D eigenvalue weighted by atomic mass is 9.97. The number of anilines is 1. The molecule has 1 aromatic carbocycles. The fourth-order valence-corrected chi connectivity index (χ4v) is 3.55. The van der Waals surface area contributed by atoms with Crippen LogP contribution in [0.15, 0.2) is 42.9 Å². The van der Waals surface area contributed by atoms with Crippen molar-refractivity contribution < 1.29 is 14.3 Å². The molecule has 7 nitrogen and oxygen atoms in total. The minimum Gasteiger partial charge on any atom is -0.450 e. The first-order chi connectivity index (χ1) is 13.1. The van der Waals surface area contributed by atoms with Crippen molar-refractivity contribution in [3.05, 3.63) is 59.5 Å². The molecule has 0 spiro atoms. The Morgan fingerprint density at radius 3 is 2.89 bits per heavy atom. The van der Waals surface area contributed by atoms with Gasteiger partial charge < -0.3 is 15.4 Å². The van der Waals surface area contributed by atoms with Gasteiger partial charge in [0.05, 0.1) is 29.9 Å². The average molecular weight is 364 g/mol. The van der Waals surface area contributed by atoms with Crippen molar-refractivity contribution >= 4 is 28.6 Å². The van der Waals surface area contributed by atoms with Gasteiger partial charge in [-0.05, 0) is 30.5 Å². The molecule has 0 fully saturated rings. The molecule has 3 aromatic rings. The topological polar surface area (TPSA) is 90.5 Å². The minimum absolute atomic E-state index is 0.170. The Balaban J connectivity index is 1.71. The minimum atomic E-state index is -0.343. The molecule has 0 aliphatic carbocycles. The van der Waals surface area contributed by atoms with Crippen LogP contribution in [0.25, 0.3) is 10.9 Å². The zero-order valence-electron chi connectivity index (χ0n) is 15.0. The molecular formula is C20H20N4O3. The van der Waals surface area contributed by atoms with Gasteiger partial charge in [0, 0.05) is 30.5 Å². The van der Waals surface area contributed by atoms with E-state index in [-0.39, 0.29) is 12.0 Å². The number of nitrogens with zero attached hydrogens (tertiary/aromatic N) is 3. The van der Waals surface area contributed by atoms with Crippen molar-refractivity contribution in [3.8, 4) is 0 Å². The van der Waals surface area contributed by atoms with Gasteiger partial charge in [-0.2, -0.15) is 0 Å². The molecule has 3 heterocycles. The summed E-state index contributed by atoms with van der Waals surface area (Å²) in [6.07, 6.45) is 5.18. The summed E-state index contributed by atoms with van der Waals surface area (Å²) in [5, 5.41) is 0.845. The highest BCUT2D eigenvalue weighted by Gasteiger charge is 2.26. The van der Waals surface area contributed by atoms with Crippen LogP contribution in [0.5, 0.6) is 0 Å².